The van der Waals surface area contributed by atoms with E-state index in [4.69, 9.17) is 4.74 Å². The minimum absolute atomic E-state index is 0.165. The maximum atomic E-state index is 12.5. The third-order valence-corrected chi connectivity index (χ3v) is 6.05. The van der Waals surface area contributed by atoms with Crippen LogP contribution in [-0.2, 0) is 28.9 Å². The second kappa shape index (κ2) is 7.83. The molecule has 0 spiro atoms. The molecule has 136 valence electrons. The number of nitrogens with one attached hydrogen (secondary N) is 1. The van der Waals surface area contributed by atoms with E-state index in [0.717, 1.165) is 70.4 Å². The Kier molecular flexibility index (Phi) is 5.32. The van der Waals surface area contributed by atoms with Crippen molar-refractivity contribution in [1.82, 2.24) is 15.2 Å². The summed E-state index contributed by atoms with van der Waals surface area (Å²) in [6.07, 6.45) is 9.62. The molecule has 1 amide bonds. The Morgan fingerprint density at radius 3 is 2.80 bits per heavy atom. The van der Waals surface area contributed by atoms with Crippen molar-refractivity contribution in [3.63, 3.8) is 0 Å². The number of amides is 1. The maximum Gasteiger partial charge on any atom is 0.223 e. The molecule has 1 aromatic heterocycles. The van der Waals surface area contributed by atoms with Gasteiger partial charge in [0.15, 0.2) is 0 Å². The molecule has 2 saturated heterocycles. The highest BCUT2D eigenvalue weighted by molar-refractivity contribution is 5.78. The van der Waals surface area contributed by atoms with E-state index in [9.17, 15) is 4.79 Å². The van der Waals surface area contributed by atoms with Crippen LogP contribution in [0.25, 0.3) is 0 Å². The molecule has 2 fully saturated rings. The monoisotopic (exact) mass is 343 g/mol. The van der Waals surface area contributed by atoms with E-state index >= 15 is 0 Å². The first-order valence-electron chi connectivity index (χ1n) is 9.86. The highest BCUT2D eigenvalue weighted by Crippen LogP contribution is 2.24. The Morgan fingerprint density at radius 1 is 1.20 bits per heavy atom. The van der Waals surface area contributed by atoms with Crippen LogP contribution in [0.15, 0.2) is 12.3 Å². The standard InChI is InChI=1S/C20H29N3O2/c24-20(22-14-15-12-17-2-1-3-19(17)21-13-15)16-4-8-23(9-5-16)18-6-10-25-11-7-18/h12-13,16,18H,1-11,14H2,(H,22,24). The number of nitrogens with zero attached hydrogens (tertiary/aromatic N) is 2. The molecule has 25 heavy (non-hydrogen) atoms. The molecule has 0 saturated carbocycles. The van der Waals surface area contributed by atoms with E-state index in [1.807, 2.05) is 6.20 Å². The molecular formula is C20H29N3O2. The van der Waals surface area contributed by atoms with Gasteiger partial charge in [-0.3, -0.25) is 9.78 Å². The Hall–Kier alpha value is -1.46. The molecule has 4 rings (SSSR count). The smallest absolute Gasteiger partial charge is 0.223 e. The first kappa shape index (κ1) is 17.0. The summed E-state index contributed by atoms with van der Waals surface area (Å²) in [6, 6.07) is 2.89. The summed E-state index contributed by atoms with van der Waals surface area (Å²) in [6.45, 7) is 4.48. The molecule has 1 aliphatic carbocycles. The summed E-state index contributed by atoms with van der Waals surface area (Å²) in [5.41, 5.74) is 3.75. The van der Waals surface area contributed by atoms with Gasteiger partial charge in [0.25, 0.3) is 0 Å². The lowest BCUT2D eigenvalue weighted by molar-refractivity contribution is -0.127. The molecule has 0 atom stereocenters. The number of hydrogen-bond donors (Lipinski definition) is 1. The van der Waals surface area contributed by atoms with Gasteiger partial charge >= 0.3 is 0 Å². The van der Waals surface area contributed by atoms with Crippen molar-refractivity contribution in [1.29, 1.82) is 0 Å². The normalized spacial score (nSPS) is 22.7. The zero-order chi connectivity index (χ0) is 17.1. The van der Waals surface area contributed by atoms with Gasteiger partial charge in [-0.1, -0.05) is 6.07 Å². The predicted octanol–water partition coefficient (Wildman–Crippen LogP) is 2.08. The average molecular weight is 343 g/mol. The molecule has 5 nitrogen and oxygen atoms in total. The zero-order valence-corrected chi connectivity index (χ0v) is 15.0. The van der Waals surface area contributed by atoms with Crippen LogP contribution in [0.2, 0.25) is 0 Å². The van der Waals surface area contributed by atoms with Gasteiger partial charge in [0.1, 0.15) is 0 Å². The van der Waals surface area contributed by atoms with Crippen molar-refractivity contribution in [2.45, 2.75) is 57.5 Å². The van der Waals surface area contributed by atoms with Crippen LogP contribution in [0.5, 0.6) is 0 Å². The number of ether oxygens (including phenoxy) is 1. The van der Waals surface area contributed by atoms with E-state index < -0.39 is 0 Å². The number of rotatable bonds is 4. The van der Waals surface area contributed by atoms with Crippen LogP contribution >= 0.6 is 0 Å². The quantitative estimate of drug-likeness (QED) is 0.909. The number of likely N-dealkylation sites (tertiary alicyclic amines) is 1. The lowest BCUT2D eigenvalue weighted by Gasteiger charge is -2.38. The number of hydrogen-bond acceptors (Lipinski definition) is 4. The van der Waals surface area contributed by atoms with E-state index in [1.165, 1.54) is 17.7 Å². The molecule has 2 aliphatic heterocycles. The summed E-state index contributed by atoms with van der Waals surface area (Å²) >= 11 is 0. The number of piperidine rings is 1. The fourth-order valence-corrected chi connectivity index (χ4v) is 4.48. The fraction of sp³-hybridized carbons (Fsp3) is 0.700. The molecular weight excluding hydrogens is 314 g/mol. The first-order chi connectivity index (χ1) is 12.3. The highest BCUT2D eigenvalue weighted by Gasteiger charge is 2.29. The van der Waals surface area contributed by atoms with Gasteiger partial charge in [-0.05, 0) is 69.2 Å². The number of fused-ring (bicyclic) bond motifs is 1. The van der Waals surface area contributed by atoms with Gasteiger partial charge in [0.05, 0.1) is 0 Å². The van der Waals surface area contributed by atoms with Crippen LogP contribution in [0, 0.1) is 5.92 Å². The fourth-order valence-electron chi connectivity index (χ4n) is 4.48. The van der Waals surface area contributed by atoms with E-state index in [2.05, 4.69) is 21.3 Å². The number of pyridine rings is 1. The third-order valence-electron chi connectivity index (χ3n) is 6.05. The van der Waals surface area contributed by atoms with Crippen molar-refractivity contribution in [2.75, 3.05) is 26.3 Å². The average Bonchev–Trinajstić information content (AvgIpc) is 3.15. The Balaban J connectivity index is 1.23. The molecule has 0 unspecified atom stereocenters. The Morgan fingerprint density at radius 2 is 2.00 bits per heavy atom. The van der Waals surface area contributed by atoms with Crippen LogP contribution in [0.4, 0.5) is 0 Å². The molecule has 0 aromatic carbocycles. The summed E-state index contributed by atoms with van der Waals surface area (Å²) in [4.78, 5) is 19.6. The molecule has 3 heterocycles. The van der Waals surface area contributed by atoms with E-state index in [-0.39, 0.29) is 11.8 Å². The van der Waals surface area contributed by atoms with E-state index in [1.54, 1.807) is 0 Å². The minimum atomic E-state index is 0.165. The lowest BCUT2D eigenvalue weighted by Crippen LogP contribution is -2.46. The molecule has 0 bridgehead atoms. The van der Waals surface area contributed by atoms with E-state index in [0.29, 0.717) is 12.6 Å². The van der Waals surface area contributed by atoms with Crippen LogP contribution in [-0.4, -0.2) is 48.1 Å². The molecule has 5 heteroatoms. The lowest BCUT2D eigenvalue weighted by atomic mass is 9.93. The molecule has 3 aliphatic rings. The topological polar surface area (TPSA) is 54.5 Å². The van der Waals surface area contributed by atoms with Crippen molar-refractivity contribution >= 4 is 5.91 Å². The number of carbonyl (C=O) groups is 1. The molecule has 0 radical (unpaired) electrons. The Bertz CT molecular complexity index is 605. The van der Waals surface area contributed by atoms with Gasteiger partial charge < -0.3 is 15.0 Å². The van der Waals surface area contributed by atoms with Crippen molar-refractivity contribution in [3.05, 3.63) is 29.1 Å². The van der Waals surface area contributed by atoms with Gasteiger partial charge in [-0.25, -0.2) is 0 Å². The SMILES string of the molecule is O=C(NCc1cnc2c(c1)CCC2)C1CCN(C2CCOCC2)CC1. The highest BCUT2D eigenvalue weighted by atomic mass is 16.5. The summed E-state index contributed by atoms with van der Waals surface area (Å²) in [7, 11) is 0. The van der Waals surface area contributed by atoms with Gasteiger partial charge in [0, 0.05) is 43.6 Å². The number of aryl methyl sites for hydroxylation is 2. The molecule has 1 N–H and O–H groups in total. The summed E-state index contributed by atoms with van der Waals surface area (Å²) in [5.74, 6) is 0.380. The van der Waals surface area contributed by atoms with Crippen LogP contribution < -0.4 is 5.32 Å². The predicted molar refractivity (Wildman–Crippen MR) is 96.2 cm³/mol. The van der Waals surface area contributed by atoms with Gasteiger partial charge in [-0.15, -0.1) is 0 Å². The Labute approximate surface area is 150 Å². The second-order valence-electron chi connectivity index (χ2n) is 7.67. The van der Waals surface area contributed by atoms with Crippen molar-refractivity contribution in [3.8, 4) is 0 Å². The summed E-state index contributed by atoms with van der Waals surface area (Å²) < 4.78 is 5.46. The van der Waals surface area contributed by atoms with Crippen molar-refractivity contribution < 1.29 is 9.53 Å². The minimum Gasteiger partial charge on any atom is -0.381 e. The van der Waals surface area contributed by atoms with Gasteiger partial charge in [-0.2, -0.15) is 0 Å². The number of carbonyl (C=O) groups excluding carboxylic acids is 1. The summed E-state index contributed by atoms with van der Waals surface area (Å²) in [5, 5.41) is 3.14. The maximum absolute atomic E-state index is 12.5. The van der Waals surface area contributed by atoms with Crippen LogP contribution in [0.3, 0.4) is 0 Å². The second-order valence-corrected chi connectivity index (χ2v) is 7.67. The largest absolute Gasteiger partial charge is 0.381 e. The van der Waals surface area contributed by atoms with Crippen molar-refractivity contribution in [2.24, 2.45) is 5.92 Å². The molecule has 1 aromatic rings. The third kappa shape index (κ3) is 4.04. The number of aromatic nitrogens is 1. The van der Waals surface area contributed by atoms with Gasteiger partial charge in [0.2, 0.25) is 5.91 Å². The first-order valence-corrected chi connectivity index (χ1v) is 9.86. The zero-order valence-electron chi connectivity index (χ0n) is 15.0. The van der Waals surface area contributed by atoms with Crippen LogP contribution in [0.1, 0.15) is 48.9 Å².